The minimum atomic E-state index is -0.875. The fourth-order valence-electron chi connectivity index (χ4n) is 2.90. The average Bonchev–Trinajstić information content (AvgIpc) is 2.75. The molecule has 1 N–H and O–H groups in total. The third kappa shape index (κ3) is 4.00. The molecule has 1 heterocycles. The summed E-state index contributed by atoms with van der Waals surface area (Å²) in [5.41, 5.74) is 4.20. The number of ether oxygens (including phenoxy) is 2. The Kier molecular flexibility index (Phi) is 5.26. The van der Waals surface area contributed by atoms with E-state index in [1.165, 1.54) is 0 Å². The highest BCUT2D eigenvalue weighted by Gasteiger charge is 2.38. The van der Waals surface area contributed by atoms with Crippen molar-refractivity contribution < 1.29 is 14.3 Å². The van der Waals surface area contributed by atoms with Crippen LogP contribution in [0.1, 0.15) is 17.2 Å². The molecule has 5 nitrogen and oxygen atoms in total. The van der Waals surface area contributed by atoms with Crippen LogP contribution in [-0.4, -0.2) is 18.2 Å². The number of carbonyl (C=O) groups excluding carboxylic acids is 1. The van der Waals surface area contributed by atoms with E-state index in [2.05, 4.69) is 10.5 Å². The fourth-order valence-corrected chi connectivity index (χ4v) is 3.03. The van der Waals surface area contributed by atoms with Crippen LogP contribution in [0.2, 0.25) is 5.02 Å². The molecule has 3 aromatic rings. The summed E-state index contributed by atoms with van der Waals surface area (Å²) in [6, 6.07) is 23.9. The van der Waals surface area contributed by atoms with Gasteiger partial charge in [0, 0.05) is 5.02 Å². The Morgan fingerprint density at radius 2 is 1.54 bits per heavy atom. The molecular formula is C22H17ClN2O3. The molecule has 0 saturated carbocycles. The predicted octanol–water partition coefficient (Wildman–Crippen LogP) is 4.37. The Bertz CT molecular complexity index is 990. The third-order valence-electron chi connectivity index (χ3n) is 4.28. The number of nitrogens with one attached hydrogen (secondary N) is 1. The molecule has 28 heavy (non-hydrogen) atoms. The number of fused-ring (bicyclic) bond motifs is 1. The second-order valence-corrected chi connectivity index (χ2v) is 6.66. The second kappa shape index (κ2) is 8.15. The lowest BCUT2D eigenvalue weighted by molar-refractivity contribution is -0.134. The van der Waals surface area contributed by atoms with Gasteiger partial charge in [-0.2, -0.15) is 5.10 Å². The molecule has 0 aromatic heterocycles. The molecule has 0 fully saturated rings. The first-order valence-electron chi connectivity index (χ1n) is 8.76. The Labute approximate surface area is 167 Å². The van der Waals surface area contributed by atoms with E-state index >= 15 is 0 Å². The standard InChI is InChI=1S/C22H17ClN2O3/c23-17-12-10-15(11-13-17)14-24-25-22(26)21-20(16-6-2-1-3-7-16)27-18-8-4-5-9-19(18)28-21/h1-14,20-21H,(H,25,26)/b24-14-/t20-,21+/m1/s1. The van der Waals surface area contributed by atoms with Crippen LogP contribution >= 0.6 is 11.6 Å². The van der Waals surface area contributed by atoms with Crippen molar-refractivity contribution in [2.45, 2.75) is 12.2 Å². The van der Waals surface area contributed by atoms with Crippen LogP contribution in [0.15, 0.2) is 84.0 Å². The van der Waals surface area contributed by atoms with E-state index in [4.69, 9.17) is 21.1 Å². The van der Waals surface area contributed by atoms with E-state index in [0.717, 1.165) is 11.1 Å². The van der Waals surface area contributed by atoms with Gasteiger partial charge in [-0.05, 0) is 35.4 Å². The van der Waals surface area contributed by atoms with Gasteiger partial charge in [-0.25, -0.2) is 5.43 Å². The summed E-state index contributed by atoms with van der Waals surface area (Å²) in [7, 11) is 0. The van der Waals surface area contributed by atoms with Gasteiger partial charge in [0.2, 0.25) is 6.10 Å². The molecule has 0 spiro atoms. The van der Waals surface area contributed by atoms with Gasteiger partial charge in [-0.15, -0.1) is 0 Å². The third-order valence-corrected chi connectivity index (χ3v) is 4.53. The van der Waals surface area contributed by atoms with Gasteiger partial charge in [0.1, 0.15) is 0 Å². The maximum Gasteiger partial charge on any atom is 0.285 e. The summed E-state index contributed by atoms with van der Waals surface area (Å²) >= 11 is 5.87. The maximum atomic E-state index is 12.8. The van der Waals surface area contributed by atoms with Crippen LogP contribution in [0.25, 0.3) is 0 Å². The number of para-hydroxylation sites is 2. The summed E-state index contributed by atoms with van der Waals surface area (Å²) in [6.07, 6.45) is 0.0881. The highest BCUT2D eigenvalue weighted by molar-refractivity contribution is 6.30. The van der Waals surface area contributed by atoms with Crippen molar-refractivity contribution >= 4 is 23.7 Å². The SMILES string of the molecule is O=C(N/N=C\c1ccc(Cl)cc1)[C@H]1Oc2ccccc2O[C@@H]1c1ccccc1. The van der Waals surface area contributed by atoms with E-state index in [0.29, 0.717) is 16.5 Å². The molecule has 1 amide bonds. The van der Waals surface area contributed by atoms with Gasteiger partial charge in [0.15, 0.2) is 17.6 Å². The van der Waals surface area contributed by atoms with Gasteiger partial charge in [-0.1, -0.05) is 66.2 Å². The average molecular weight is 393 g/mol. The lowest BCUT2D eigenvalue weighted by Gasteiger charge is -2.32. The van der Waals surface area contributed by atoms with Crippen molar-refractivity contribution in [1.29, 1.82) is 0 Å². The Morgan fingerprint density at radius 3 is 2.25 bits per heavy atom. The molecule has 0 saturated heterocycles. The molecule has 0 radical (unpaired) electrons. The number of rotatable bonds is 4. The number of nitrogens with zero attached hydrogens (tertiary/aromatic N) is 1. The minimum Gasteiger partial charge on any atom is -0.477 e. The number of hydrogen-bond donors (Lipinski definition) is 1. The van der Waals surface area contributed by atoms with Crippen LogP contribution in [0.5, 0.6) is 11.5 Å². The molecule has 4 rings (SSSR count). The number of benzene rings is 3. The van der Waals surface area contributed by atoms with Crippen LogP contribution < -0.4 is 14.9 Å². The zero-order valence-electron chi connectivity index (χ0n) is 14.8. The molecule has 0 bridgehead atoms. The topological polar surface area (TPSA) is 59.9 Å². The number of amides is 1. The lowest BCUT2D eigenvalue weighted by Crippen LogP contribution is -2.44. The summed E-state index contributed by atoms with van der Waals surface area (Å²) in [4.78, 5) is 12.8. The molecular weight excluding hydrogens is 376 g/mol. The molecule has 140 valence electrons. The van der Waals surface area contributed by atoms with Crippen LogP contribution in [-0.2, 0) is 4.79 Å². The first-order chi connectivity index (χ1) is 13.7. The number of hydrazone groups is 1. The Morgan fingerprint density at radius 1 is 0.893 bits per heavy atom. The van der Waals surface area contributed by atoms with Crippen LogP contribution in [0.3, 0.4) is 0 Å². The molecule has 6 heteroatoms. The van der Waals surface area contributed by atoms with Gasteiger partial charge in [0.05, 0.1) is 6.21 Å². The quantitative estimate of drug-likeness (QED) is 0.529. The van der Waals surface area contributed by atoms with E-state index in [1.54, 1.807) is 36.5 Å². The number of carbonyl (C=O) groups is 1. The van der Waals surface area contributed by atoms with Crippen LogP contribution in [0.4, 0.5) is 0 Å². The highest BCUT2D eigenvalue weighted by Crippen LogP contribution is 2.39. The molecule has 1 aliphatic heterocycles. The van der Waals surface area contributed by atoms with Gasteiger partial charge < -0.3 is 9.47 Å². The summed E-state index contributed by atoms with van der Waals surface area (Å²) in [6.45, 7) is 0. The zero-order valence-corrected chi connectivity index (χ0v) is 15.5. The molecule has 1 aliphatic rings. The minimum absolute atomic E-state index is 0.395. The second-order valence-electron chi connectivity index (χ2n) is 6.22. The summed E-state index contributed by atoms with van der Waals surface area (Å²) in [5, 5.41) is 4.66. The maximum absolute atomic E-state index is 12.8. The van der Waals surface area contributed by atoms with E-state index < -0.39 is 18.1 Å². The normalized spacial score (nSPS) is 18.0. The van der Waals surface area contributed by atoms with Crippen molar-refractivity contribution in [2.24, 2.45) is 5.10 Å². The summed E-state index contributed by atoms with van der Waals surface area (Å²) < 4.78 is 12.0. The monoisotopic (exact) mass is 392 g/mol. The lowest BCUT2D eigenvalue weighted by atomic mass is 10.0. The molecule has 0 unspecified atom stereocenters. The first-order valence-corrected chi connectivity index (χ1v) is 9.14. The van der Waals surface area contributed by atoms with Crippen molar-refractivity contribution in [2.75, 3.05) is 0 Å². The summed E-state index contributed by atoms with van der Waals surface area (Å²) in [5.74, 6) is 0.732. The molecule has 3 aromatic carbocycles. The van der Waals surface area contributed by atoms with E-state index in [1.807, 2.05) is 48.5 Å². The van der Waals surface area contributed by atoms with E-state index in [9.17, 15) is 4.79 Å². The van der Waals surface area contributed by atoms with E-state index in [-0.39, 0.29) is 0 Å². The number of halogens is 1. The van der Waals surface area contributed by atoms with Gasteiger partial charge in [-0.3, -0.25) is 4.79 Å². The predicted molar refractivity (Wildman–Crippen MR) is 108 cm³/mol. The molecule has 0 aliphatic carbocycles. The van der Waals surface area contributed by atoms with Crippen molar-refractivity contribution in [3.63, 3.8) is 0 Å². The Hall–Kier alpha value is -3.31. The van der Waals surface area contributed by atoms with Gasteiger partial charge in [0.25, 0.3) is 5.91 Å². The number of hydrogen-bond acceptors (Lipinski definition) is 4. The Balaban J connectivity index is 1.54. The fraction of sp³-hybridized carbons (Fsp3) is 0.0909. The van der Waals surface area contributed by atoms with Crippen molar-refractivity contribution in [1.82, 2.24) is 5.43 Å². The first kappa shape index (κ1) is 18.1. The largest absolute Gasteiger partial charge is 0.477 e. The van der Waals surface area contributed by atoms with Gasteiger partial charge >= 0.3 is 0 Å². The van der Waals surface area contributed by atoms with Crippen molar-refractivity contribution in [3.8, 4) is 11.5 Å². The smallest absolute Gasteiger partial charge is 0.285 e. The highest BCUT2D eigenvalue weighted by atomic mass is 35.5. The van der Waals surface area contributed by atoms with Crippen LogP contribution in [0, 0.1) is 0 Å². The van der Waals surface area contributed by atoms with Crippen molar-refractivity contribution in [3.05, 3.63) is 95.0 Å². The molecule has 2 atom stereocenters. The zero-order chi connectivity index (χ0) is 19.3.